The Balaban J connectivity index is 1.42. The first-order chi connectivity index (χ1) is 14.9. The summed E-state index contributed by atoms with van der Waals surface area (Å²) >= 11 is 0. The highest BCUT2D eigenvalue weighted by Crippen LogP contribution is 2.40. The molecule has 162 valence electrons. The van der Waals surface area contributed by atoms with E-state index in [0.29, 0.717) is 24.7 Å². The predicted molar refractivity (Wildman–Crippen MR) is 125 cm³/mol. The number of para-hydroxylation sites is 1. The largest absolute Gasteiger partial charge is 0.508 e. The summed E-state index contributed by atoms with van der Waals surface area (Å²) in [5, 5.41) is 13.0. The first-order valence-electron chi connectivity index (χ1n) is 11.2. The maximum absolute atomic E-state index is 12.7. The number of fused-ring (bicyclic) bond motifs is 1. The Kier molecular flexibility index (Phi) is 6.12. The molecule has 0 radical (unpaired) electrons. The highest BCUT2D eigenvalue weighted by molar-refractivity contribution is 5.93. The van der Waals surface area contributed by atoms with Crippen LogP contribution in [-0.2, 0) is 11.2 Å². The van der Waals surface area contributed by atoms with Crippen molar-refractivity contribution in [3.05, 3.63) is 66.0 Å². The molecule has 4 rings (SSSR count). The molecule has 1 aliphatic rings. The van der Waals surface area contributed by atoms with Crippen LogP contribution < -0.4 is 5.32 Å². The molecule has 1 fully saturated rings. The van der Waals surface area contributed by atoms with Crippen molar-refractivity contribution in [2.45, 2.75) is 46.0 Å². The van der Waals surface area contributed by atoms with Crippen molar-refractivity contribution < 1.29 is 9.90 Å². The van der Waals surface area contributed by atoms with Crippen molar-refractivity contribution in [1.29, 1.82) is 0 Å². The summed E-state index contributed by atoms with van der Waals surface area (Å²) < 4.78 is 0. The van der Waals surface area contributed by atoms with Crippen molar-refractivity contribution in [2.24, 2.45) is 17.8 Å². The highest BCUT2D eigenvalue weighted by Gasteiger charge is 2.31. The first kappa shape index (κ1) is 21.2. The predicted octanol–water partition coefficient (Wildman–Crippen LogP) is 5.82. The second-order valence-electron chi connectivity index (χ2n) is 8.93. The lowest BCUT2D eigenvalue weighted by Gasteiger charge is -2.35. The number of benzene rings is 2. The van der Waals surface area contributed by atoms with Gasteiger partial charge in [0.15, 0.2) is 0 Å². The molecule has 31 heavy (non-hydrogen) atoms. The maximum atomic E-state index is 12.7. The summed E-state index contributed by atoms with van der Waals surface area (Å²) in [6.07, 6.45) is 4.39. The average molecular weight is 418 g/mol. The third kappa shape index (κ3) is 4.82. The van der Waals surface area contributed by atoms with Gasteiger partial charge in [0, 0.05) is 24.1 Å². The van der Waals surface area contributed by atoms with Gasteiger partial charge in [-0.2, -0.15) is 0 Å². The van der Waals surface area contributed by atoms with Gasteiger partial charge in [-0.3, -0.25) is 4.79 Å². The number of anilines is 1. The Morgan fingerprint density at radius 3 is 2.84 bits per heavy atom. The number of H-pyrrole nitrogens is 1. The fraction of sp³-hybridized carbons (Fsp3) is 0.385. The quantitative estimate of drug-likeness (QED) is 0.443. The summed E-state index contributed by atoms with van der Waals surface area (Å²) in [6.45, 7) is 8.75. The van der Waals surface area contributed by atoms with Gasteiger partial charge in [0.1, 0.15) is 11.6 Å². The van der Waals surface area contributed by atoms with E-state index in [2.05, 4.69) is 35.7 Å². The lowest BCUT2D eigenvalue weighted by atomic mass is 9.70. The normalized spacial score (nSPS) is 21.4. The van der Waals surface area contributed by atoms with Crippen molar-refractivity contribution in [3.63, 3.8) is 0 Å². The second kappa shape index (κ2) is 8.96. The smallest absolute Gasteiger partial charge is 0.224 e. The zero-order valence-electron chi connectivity index (χ0n) is 18.3. The molecule has 0 aliphatic heterocycles. The molecule has 1 aliphatic carbocycles. The molecular formula is C26H31N3O2. The summed E-state index contributed by atoms with van der Waals surface area (Å²) in [6, 6.07) is 13.0. The van der Waals surface area contributed by atoms with E-state index in [1.165, 1.54) is 18.4 Å². The van der Waals surface area contributed by atoms with E-state index >= 15 is 0 Å². The van der Waals surface area contributed by atoms with Gasteiger partial charge < -0.3 is 15.4 Å². The monoisotopic (exact) mass is 417 g/mol. The SMILES string of the molecule is C=C1CC(CC)CC(C)C1CC(=O)Nc1ccc2nc(Cc3ccccc3O)[nH]c2c1. The average Bonchev–Trinajstić information content (AvgIpc) is 3.14. The number of aromatic amines is 1. The number of carbonyl (C=O) groups excluding carboxylic acids is 1. The Morgan fingerprint density at radius 2 is 2.10 bits per heavy atom. The number of hydrogen-bond acceptors (Lipinski definition) is 3. The van der Waals surface area contributed by atoms with E-state index < -0.39 is 0 Å². The molecule has 1 heterocycles. The lowest BCUT2D eigenvalue weighted by Crippen LogP contribution is -2.28. The molecule has 5 nitrogen and oxygen atoms in total. The topological polar surface area (TPSA) is 78.0 Å². The number of aromatic nitrogens is 2. The third-order valence-corrected chi connectivity index (χ3v) is 6.61. The fourth-order valence-electron chi connectivity index (χ4n) is 4.83. The Labute approximate surface area is 183 Å². The van der Waals surface area contributed by atoms with Gasteiger partial charge in [-0.1, -0.05) is 50.6 Å². The molecule has 2 aromatic carbocycles. The molecule has 0 bridgehead atoms. The van der Waals surface area contributed by atoms with E-state index in [-0.39, 0.29) is 17.6 Å². The van der Waals surface area contributed by atoms with Crippen molar-refractivity contribution in [2.75, 3.05) is 5.32 Å². The number of aromatic hydroxyl groups is 1. The number of imidazole rings is 1. The van der Waals surface area contributed by atoms with Gasteiger partial charge in [-0.25, -0.2) is 4.98 Å². The molecule has 0 saturated heterocycles. The lowest BCUT2D eigenvalue weighted by molar-refractivity contribution is -0.117. The van der Waals surface area contributed by atoms with Crippen LogP contribution in [0.1, 0.15) is 50.9 Å². The number of nitrogens with zero attached hydrogens (tertiary/aromatic N) is 1. The van der Waals surface area contributed by atoms with Gasteiger partial charge in [0.25, 0.3) is 0 Å². The zero-order chi connectivity index (χ0) is 22.0. The number of carbonyl (C=O) groups is 1. The van der Waals surface area contributed by atoms with Crippen LogP contribution in [-0.4, -0.2) is 21.0 Å². The molecule has 1 aromatic heterocycles. The molecule has 3 aromatic rings. The number of nitrogens with one attached hydrogen (secondary N) is 2. The van der Waals surface area contributed by atoms with Gasteiger partial charge in [0.05, 0.1) is 11.0 Å². The van der Waals surface area contributed by atoms with Crippen molar-refractivity contribution >= 4 is 22.6 Å². The number of allylic oxidation sites excluding steroid dienone is 1. The van der Waals surface area contributed by atoms with E-state index in [0.717, 1.165) is 34.5 Å². The minimum Gasteiger partial charge on any atom is -0.508 e. The fourth-order valence-corrected chi connectivity index (χ4v) is 4.83. The molecular weight excluding hydrogens is 386 g/mol. The van der Waals surface area contributed by atoms with Crippen LogP contribution in [0.5, 0.6) is 5.75 Å². The second-order valence-corrected chi connectivity index (χ2v) is 8.93. The Bertz CT molecular complexity index is 1100. The van der Waals surface area contributed by atoms with Crippen LogP contribution in [0.15, 0.2) is 54.6 Å². The number of rotatable bonds is 6. The van der Waals surface area contributed by atoms with Crippen molar-refractivity contribution in [3.8, 4) is 5.75 Å². The Morgan fingerprint density at radius 1 is 1.29 bits per heavy atom. The minimum absolute atomic E-state index is 0.0289. The molecule has 0 spiro atoms. The molecule has 1 saturated carbocycles. The first-order valence-corrected chi connectivity index (χ1v) is 11.2. The number of phenols is 1. The summed E-state index contributed by atoms with van der Waals surface area (Å²) in [4.78, 5) is 20.6. The highest BCUT2D eigenvalue weighted by atomic mass is 16.3. The number of phenolic OH excluding ortho intramolecular Hbond substituents is 1. The minimum atomic E-state index is 0.0289. The molecule has 1 amide bonds. The van der Waals surface area contributed by atoms with Crippen LogP contribution >= 0.6 is 0 Å². The van der Waals surface area contributed by atoms with Crippen LogP contribution in [0.4, 0.5) is 5.69 Å². The summed E-state index contributed by atoms with van der Waals surface area (Å²) in [5.41, 5.74) is 4.50. The Hall–Kier alpha value is -3.08. The molecule has 3 N–H and O–H groups in total. The number of hydrogen-bond donors (Lipinski definition) is 3. The van der Waals surface area contributed by atoms with Crippen molar-refractivity contribution in [1.82, 2.24) is 9.97 Å². The van der Waals surface area contributed by atoms with Gasteiger partial charge in [0.2, 0.25) is 5.91 Å². The van der Waals surface area contributed by atoms with Crippen LogP contribution in [0, 0.1) is 17.8 Å². The summed E-state index contributed by atoms with van der Waals surface area (Å²) in [7, 11) is 0. The molecule has 3 atom stereocenters. The van der Waals surface area contributed by atoms with Crippen LogP contribution in [0.25, 0.3) is 11.0 Å². The zero-order valence-corrected chi connectivity index (χ0v) is 18.3. The maximum Gasteiger partial charge on any atom is 0.224 e. The summed E-state index contributed by atoms with van der Waals surface area (Å²) in [5.74, 6) is 2.52. The van der Waals surface area contributed by atoms with Gasteiger partial charge in [-0.05, 0) is 54.9 Å². The molecule has 5 heteroatoms. The van der Waals surface area contributed by atoms with Crippen LogP contribution in [0.3, 0.4) is 0 Å². The van der Waals surface area contributed by atoms with Crippen LogP contribution in [0.2, 0.25) is 0 Å². The van der Waals surface area contributed by atoms with E-state index in [9.17, 15) is 9.90 Å². The van der Waals surface area contributed by atoms with Gasteiger partial charge >= 0.3 is 0 Å². The standard InChI is InChI=1S/C26H31N3O2/c1-4-18-11-16(2)21(17(3)12-18)15-26(31)27-20-9-10-22-23(14-20)29-25(28-22)13-19-7-5-6-8-24(19)30/h5-10,14,17-18,21,30H,2,4,11-13,15H2,1,3H3,(H,27,31)(H,28,29). The van der Waals surface area contributed by atoms with E-state index in [1.54, 1.807) is 12.1 Å². The van der Waals surface area contributed by atoms with E-state index in [1.807, 2.05) is 30.3 Å². The number of amides is 1. The molecule has 3 unspecified atom stereocenters. The van der Waals surface area contributed by atoms with Gasteiger partial charge in [-0.15, -0.1) is 0 Å². The van der Waals surface area contributed by atoms with E-state index in [4.69, 9.17) is 0 Å². The third-order valence-electron chi connectivity index (χ3n) is 6.61.